The number of rotatable bonds is 6. The Morgan fingerprint density at radius 2 is 2.14 bits per heavy atom. The minimum absolute atomic E-state index is 0.176. The molecule has 0 aliphatic heterocycles. The molecule has 0 fully saturated rings. The first-order valence-corrected chi connectivity index (χ1v) is 6.77. The number of esters is 1. The van der Waals surface area contributed by atoms with Gasteiger partial charge in [0.25, 0.3) is 0 Å². The van der Waals surface area contributed by atoms with Crippen LogP contribution in [0.1, 0.15) is 18.4 Å². The average Bonchev–Trinajstić information content (AvgIpc) is 2.46. The number of nitrogens with zero attached hydrogens (tertiary/aromatic N) is 1. The maximum absolute atomic E-state index is 13.5. The van der Waals surface area contributed by atoms with E-state index in [2.05, 4.69) is 4.74 Å². The number of ether oxygens (including phenoxy) is 1. The Hall–Kier alpha value is -1.88. The van der Waals surface area contributed by atoms with Gasteiger partial charge in [0.15, 0.2) is 0 Å². The first kappa shape index (κ1) is 17.2. The summed E-state index contributed by atoms with van der Waals surface area (Å²) in [6, 6.07) is 4.32. The van der Waals surface area contributed by atoms with E-state index in [4.69, 9.17) is 11.6 Å². The molecule has 21 heavy (non-hydrogen) atoms. The van der Waals surface area contributed by atoms with Crippen LogP contribution in [0.15, 0.2) is 24.3 Å². The molecule has 6 heteroatoms. The summed E-state index contributed by atoms with van der Waals surface area (Å²) in [6.45, 7) is 0.406. The molecule has 0 atom stereocenters. The van der Waals surface area contributed by atoms with Crippen molar-refractivity contribution >= 4 is 29.6 Å². The maximum atomic E-state index is 13.5. The Balaban J connectivity index is 2.56. The standard InChI is InChI=1S/C15H17ClFNO3/c1-18(10-4-7-15(20)21-2)14(19)9-8-11-12(16)5-3-6-13(11)17/h3,5-6,8-9H,4,7,10H2,1-2H3/b9-8-. The molecule has 0 N–H and O–H groups in total. The number of amides is 1. The van der Waals surface area contributed by atoms with Crippen LogP contribution >= 0.6 is 11.6 Å². The Morgan fingerprint density at radius 3 is 2.76 bits per heavy atom. The second-order valence-electron chi connectivity index (χ2n) is 4.41. The normalized spacial score (nSPS) is 10.7. The SMILES string of the molecule is COC(=O)CCCN(C)C(=O)/C=C\c1c(F)cccc1Cl. The van der Waals surface area contributed by atoms with Crippen molar-refractivity contribution in [3.05, 3.63) is 40.7 Å². The Kier molecular flexibility index (Phi) is 6.88. The zero-order valence-corrected chi connectivity index (χ0v) is 12.7. The van der Waals surface area contributed by atoms with Crippen LogP contribution in [0.4, 0.5) is 4.39 Å². The average molecular weight is 314 g/mol. The Labute approximate surface area is 128 Å². The molecule has 0 bridgehead atoms. The number of carbonyl (C=O) groups is 2. The van der Waals surface area contributed by atoms with Crippen molar-refractivity contribution in [3.63, 3.8) is 0 Å². The van der Waals surface area contributed by atoms with E-state index in [1.807, 2.05) is 0 Å². The third-order valence-electron chi connectivity index (χ3n) is 2.87. The van der Waals surface area contributed by atoms with Crippen LogP contribution < -0.4 is 0 Å². The fourth-order valence-corrected chi connectivity index (χ4v) is 1.85. The van der Waals surface area contributed by atoms with E-state index in [0.717, 1.165) is 0 Å². The summed E-state index contributed by atoms with van der Waals surface area (Å²) in [5.41, 5.74) is 0.176. The minimum Gasteiger partial charge on any atom is -0.469 e. The van der Waals surface area contributed by atoms with Gasteiger partial charge in [-0.05, 0) is 24.6 Å². The van der Waals surface area contributed by atoms with Gasteiger partial charge in [0.1, 0.15) is 5.82 Å². The van der Waals surface area contributed by atoms with Crippen molar-refractivity contribution in [2.24, 2.45) is 0 Å². The molecule has 1 aromatic carbocycles. The van der Waals surface area contributed by atoms with E-state index in [1.54, 1.807) is 13.1 Å². The lowest BCUT2D eigenvalue weighted by molar-refractivity contribution is -0.141. The van der Waals surface area contributed by atoms with Gasteiger partial charge in [0, 0.05) is 31.7 Å². The summed E-state index contributed by atoms with van der Waals surface area (Å²) in [4.78, 5) is 24.2. The highest BCUT2D eigenvalue weighted by Gasteiger charge is 2.08. The van der Waals surface area contributed by atoms with Gasteiger partial charge in [-0.1, -0.05) is 17.7 Å². The number of likely N-dealkylation sites (N-methyl/N-ethyl adjacent to an activating group) is 1. The van der Waals surface area contributed by atoms with Gasteiger partial charge in [-0.25, -0.2) is 4.39 Å². The van der Waals surface area contributed by atoms with Crippen molar-refractivity contribution in [1.29, 1.82) is 0 Å². The molecule has 1 aromatic rings. The minimum atomic E-state index is -0.486. The quantitative estimate of drug-likeness (QED) is 0.599. The van der Waals surface area contributed by atoms with E-state index in [0.29, 0.717) is 13.0 Å². The molecule has 4 nitrogen and oxygen atoms in total. The maximum Gasteiger partial charge on any atom is 0.305 e. The third-order valence-corrected chi connectivity index (χ3v) is 3.20. The lowest BCUT2D eigenvalue weighted by Crippen LogP contribution is -2.26. The Bertz CT molecular complexity index is 525. The summed E-state index contributed by atoms with van der Waals surface area (Å²) in [5.74, 6) is -1.09. The summed E-state index contributed by atoms with van der Waals surface area (Å²) in [7, 11) is 2.92. The highest BCUT2D eigenvalue weighted by molar-refractivity contribution is 6.32. The van der Waals surface area contributed by atoms with Crippen molar-refractivity contribution in [2.45, 2.75) is 12.8 Å². The number of hydrogen-bond acceptors (Lipinski definition) is 3. The predicted octanol–water partition coefficient (Wildman–Crippen LogP) is 2.90. The van der Waals surface area contributed by atoms with Crippen molar-refractivity contribution in [3.8, 4) is 0 Å². The lowest BCUT2D eigenvalue weighted by Gasteiger charge is -2.14. The monoisotopic (exact) mass is 313 g/mol. The fourth-order valence-electron chi connectivity index (χ4n) is 1.62. The van der Waals surface area contributed by atoms with Crippen LogP contribution in [0, 0.1) is 5.82 Å². The number of methoxy groups -OCH3 is 1. The van der Waals surface area contributed by atoms with E-state index in [-0.39, 0.29) is 28.9 Å². The summed E-state index contributed by atoms with van der Waals surface area (Å²) in [6.07, 6.45) is 3.35. The van der Waals surface area contributed by atoms with Crippen LogP contribution in [0.2, 0.25) is 5.02 Å². The number of benzene rings is 1. The fraction of sp³-hybridized carbons (Fsp3) is 0.333. The molecule has 0 saturated carbocycles. The van der Waals surface area contributed by atoms with Crippen molar-refractivity contribution < 1.29 is 18.7 Å². The Morgan fingerprint density at radius 1 is 1.43 bits per heavy atom. The smallest absolute Gasteiger partial charge is 0.305 e. The summed E-state index contributed by atoms with van der Waals surface area (Å²) >= 11 is 5.86. The third kappa shape index (κ3) is 5.55. The second-order valence-corrected chi connectivity index (χ2v) is 4.82. The van der Waals surface area contributed by atoms with E-state index in [1.165, 1.54) is 36.3 Å². The number of hydrogen-bond donors (Lipinski definition) is 0. The molecule has 0 radical (unpaired) electrons. The van der Waals surface area contributed by atoms with Gasteiger partial charge in [-0.2, -0.15) is 0 Å². The predicted molar refractivity (Wildman–Crippen MR) is 79.3 cm³/mol. The lowest BCUT2D eigenvalue weighted by atomic mass is 10.2. The van der Waals surface area contributed by atoms with Gasteiger partial charge in [0.05, 0.1) is 12.1 Å². The molecule has 0 unspecified atom stereocenters. The molecule has 0 spiro atoms. The molecule has 0 aliphatic carbocycles. The molecule has 1 amide bonds. The van der Waals surface area contributed by atoms with Crippen LogP contribution in [0.3, 0.4) is 0 Å². The first-order valence-electron chi connectivity index (χ1n) is 6.39. The van der Waals surface area contributed by atoms with Gasteiger partial charge in [0.2, 0.25) is 5.91 Å². The summed E-state index contributed by atoms with van der Waals surface area (Å²) in [5, 5.41) is 0.243. The van der Waals surface area contributed by atoms with Gasteiger partial charge in [-0.15, -0.1) is 0 Å². The molecular weight excluding hydrogens is 297 g/mol. The zero-order valence-electron chi connectivity index (χ0n) is 11.9. The number of halogens is 2. The highest BCUT2D eigenvalue weighted by atomic mass is 35.5. The molecule has 0 aliphatic rings. The molecule has 1 rings (SSSR count). The van der Waals surface area contributed by atoms with Crippen molar-refractivity contribution in [1.82, 2.24) is 4.90 Å². The van der Waals surface area contributed by atoms with E-state index >= 15 is 0 Å². The van der Waals surface area contributed by atoms with E-state index < -0.39 is 5.82 Å². The molecule has 114 valence electrons. The topological polar surface area (TPSA) is 46.6 Å². The highest BCUT2D eigenvalue weighted by Crippen LogP contribution is 2.20. The largest absolute Gasteiger partial charge is 0.469 e. The van der Waals surface area contributed by atoms with Gasteiger partial charge < -0.3 is 9.64 Å². The number of carbonyl (C=O) groups excluding carboxylic acids is 2. The molecule has 0 heterocycles. The zero-order chi connectivity index (χ0) is 15.8. The van der Waals surface area contributed by atoms with Crippen LogP contribution in [-0.4, -0.2) is 37.5 Å². The van der Waals surface area contributed by atoms with Gasteiger partial charge in [-0.3, -0.25) is 9.59 Å². The van der Waals surface area contributed by atoms with Crippen molar-refractivity contribution in [2.75, 3.05) is 20.7 Å². The van der Waals surface area contributed by atoms with Crippen LogP contribution in [0.5, 0.6) is 0 Å². The van der Waals surface area contributed by atoms with E-state index in [9.17, 15) is 14.0 Å². The molecular formula is C15H17ClFNO3. The molecule has 0 aromatic heterocycles. The van der Waals surface area contributed by atoms with Crippen LogP contribution in [-0.2, 0) is 14.3 Å². The summed E-state index contributed by atoms with van der Waals surface area (Å²) < 4.78 is 18.0. The van der Waals surface area contributed by atoms with Crippen LogP contribution in [0.25, 0.3) is 6.08 Å². The molecule has 0 saturated heterocycles. The second kappa shape index (κ2) is 8.42. The van der Waals surface area contributed by atoms with Gasteiger partial charge >= 0.3 is 5.97 Å². The first-order chi connectivity index (χ1) is 9.95.